The van der Waals surface area contributed by atoms with Gasteiger partial charge in [-0.15, -0.1) is 13.2 Å². The van der Waals surface area contributed by atoms with Gasteiger partial charge in [-0.3, -0.25) is 0 Å². The fourth-order valence-corrected chi connectivity index (χ4v) is 1.14. The molecule has 20 heavy (non-hydrogen) atoms. The van der Waals surface area contributed by atoms with Gasteiger partial charge in [0.25, 0.3) is 0 Å². The molecule has 0 saturated heterocycles. The Bertz CT molecular complexity index is 524. The Labute approximate surface area is 106 Å². The van der Waals surface area contributed by atoms with Crippen molar-refractivity contribution in [1.82, 2.24) is 4.98 Å². The molecule has 0 atom stereocenters. The van der Waals surface area contributed by atoms with Crippen LogP contribution in [0.5, 0.6) is 11.5 Å². The topological polar surface area (TPSA) is 68.7 Å². The van der Waals surface area contributed by atoms with E-state index in [1.54, 1.807) is 0 Å². The molecule has 1 aromatic heterocycles. The van der Waals surface area contributed by atoms with Gasteiger partial charge < -0.3 is 14.6 Å². The second-order valence-corrected chi connectivity index (χ2v) is 3.24. The Hall–Kier alpha value is -2.20. The second kappa shape index (κ2) is 5.06. The number of aromatic hydroxyl groups is 1. The summed E-state index contributed by atoms with van der Waals surface area (Å²) in [7, 11) is 0.789. The predicted octanol–water partition coefficient (Wildman–Crippen LogP) is 2.49. The van der Waals surface area contributed by atoms with Gasteiger partial charge in [0, 0.05) is 6.07 Å². The summed E-state index contributed by atoms with van der Waals surface area (Å²) >= 11 is 0. The Morgan fingerprint density at radius 2 is 1.80 bits per heavy atom. The molecule has 0 aliphatic heterocycles. The maximum atomic E-state index is 12.6. The number of hydrogen-bond donors (Lipinski definition) is 1. The Balaban J connectivity index is 3.45. The standard InChI is InChI=1S/C9H5F6NO4/c1-19-7(18)5-3(17)2-4(20-9(13,14)15)6(16-5)8(10,11)12/h2,17H,1H3. The molecule has 5 nitrogen and oxygen atoms in total. The third-order valence-corrected chi connectivity index (χ3v) is 1.84. The molecule has 112 valence electrons. The van der Waals surface area contributed by atoms with Crippen LogP contribution in [0.3, 0.4) is 0 Å². The van der Waals surface area contributed by atoms with Gasteiger partial charge in [-0.05, 0) is 0 Å². The normalized spacial score (nSPS) is 12.2. The molecule has 11 heteroatoms. The number of carbonyl (C=O) groups excluding carboxylic acids is 1. The molecule has 0 bridgehead atoms. The third-order valence-electron chi connectivity index (χ3n) is 1.84. The van der Waals surface area contributed by atoms with Gasteiger partial charge in [0.2, 0.25) is 0 Å². The number of ether oxygens (including phenoxy) is 2. The lowest BCUT2D eigenvalue weighted by Crippen LogP contribution is -2.22. The summed E-state index contributed by atoms with van der Waals surface area (Å²) < 4.78 is 80.8. The van der Waals surface area contributed by atoms with Crippen molar-refractivity contribution in [3.63, 3.8) is 0 Å². The molecule has 0 unspecified atom stereocenters. The van der Waals surface area contributed by atoms with Crippen LogP contribution in [0, 0.1) is 0 Å². The van der Waals surface area contributed by atoms with E-state index in [1.165, 1.54) is 0 Å². The van der Waals surface area contributed by atoms with Gasteiger partial charge in [-0.2, -0.15) is 13.2 Å². The third kappa shape index (κ3) is 3.65. The molecule has 0 aliphatic carbocycles. The first-order valence-corrected chi connectivity index (χ1v) is 4.61. The van der Waals surface area contributed by atoms with E-state index in [-0.39, 0.29) is 6.07 Å². The van der Waals surface area contributed by atoms with Gasteiger partial charge in [0.1, 0.15) is 0 Å². The first-order chi connectivity index (χ1) is 8.95. The van der Waals surface area contributed by atoms with E-state index in [2.05, 4.69) is 14.5 Å². The van der Waals surface area contributed by atoms with Crippen LogP contribution in [0.4, 0.5) is 26.3 Å². The van der Waals surface area contributed by atoms with Gasteiger partial charge in [0.05, 0.1) is 7.11 Å². The number of halogens is 6. The van der Waals surface area contributed by atoms with Crippen LogP contribution in [0.2, 0.25) is 0 Å². The molecule has 0 fully saturated rings. The zero-order chi connectivity index (χ0) is 15.7. The molecule has 0 spiro atoms. The summed E-state index contributed by atoms with van der Waals surface area (Å²) in [6, 6.07) is -0.0183. The molecule has 1 rings (SSSR count). The van der Waals surface area contributed by atoms with Gasteiger partial charge in [-0.1, -0.05) is 0 Å². The van der Waals surface area contributed by atoms with E-state index in [1.807, 2.05) is 0 Å². The Morgan fingerprint density at radius 3 is 2.20 bits per heavy atom. The van der Waals surface area contributed by atoms with Gasteiger partial charge >= 0.3 is 18.5 Å². The minimum Gasteiger partial charge on any atom is -0.505 e. The smallest absolute Gasteiger partial charge is 0.505 e. The summed E-state index contributed by atoms with van der Waals surface area (Å²) in [4.78, 5) is 13.7. The highest BCUT2D eigenvalue weighted by molar-refractivity contribution is 5.90. The predicted molar refractivity (Wildman–Crippen MR) is 48.9 cm³/mol. The Morgan fingerprint density at radius 1 is 1.25 bits per heavy atom. The summed E-state index contributed by atoms with van der Waals surface area (Å²) in [6.07, 6.45) is -10.8. The van der Waals surface area contributed by atoms with Crippen molar-refractivity contribution in [2.75, 3.05) is 7.11 Å². The molecule has 0 aliphatic rings. The SMILES string of the molecule is COC(=O)c1nc(C(F)(F)F)c(OC(F)(F)F)cc1O. The largest absolute Gasteiger partial charge is 0.573 e. The number of nitrogens with zero attached hydrogens (tertiary/aromatic N) is 1. The lowest BCUT2D eigenvalue weighted by Gasteiger charge is -2.15. The molecule has 0 saturated carbocycles. The lowest BCUT2D eigenvalue weighted by atomic mass is 10.2. The first-order valence-electron chi connectivity index (χ1n) is 4.61. The van der Waals surface area contributed by atoms with Crippen molar-refractivity contribution in [1.29, 1.82) is 0 Å². The van der Waals surface area contributed by atoms with Gasteiger partial charge in [-0.25, -0.2) is 9.78 Å². The van der Waals surface area contributed by atoms with Crippen molar-refractivity contribution in [3.8, 4) is 11.5 Å². The van der Waals surface area contributed by atoms with E-state index in [0.717, 1.165) is 7.11 Å². The van der Waals surface area contributed by atoms with Crippen LogP contribution in [-0.2, 0) is 10.9 Å². The summed E-state index contributed by atoms with van der Waals surface area (Å²) in [5.74, 6) is -4.48. The minimum absolute atomic E-state index is 0.0183. The van der Waals surface area contributed by atoms with E-state index < -0.39 is 41.4 Å². The lowest BCUT2D eigenvalue weighted by molar-refractivity contribution is -0.276. The van der Waals surface area contributed by atoms with Crippen LogP contribution in [0.25, 0.3) is 0 Å². The highest BCUT2D eigenvalue weighted by Gasteiger charge is 2.42. The number of esters is 1. The zero-order valence-electron chi connectivity index (χ0n) is 9.46. The average Bonchev–Trinajstić information content (AvgIpc) is 2.24. The highest BCUT2D eigenvalue weighted by Crippen LogP contribution is 2.39. The maximum Gasteiger partial charge on any atom is 0.573 e. The molecule has 1 N–H and O–H groups in total. The summed E-state index contributed by atoms with van der Waals surface area (Å²) in [5, 5.41) is 9.20. The van der Waals surface area contributed by atoms with Crippen molar-refractivity contribution in [3.05, 3.63) is 17.5 Å². The van der Waals surface area contributed by atoms with Crippen molar-refractivity contribution >= 4 is 5.97 Å². The van der Waals surface area contributed by atoms with E-state index in [4.69, 9.17) is 0 Å². The van der Waals surface area contributed by atoms with Crippen LogP contribution in [-0.4, -0.2) is 29.5 Å². The van der Waals surface area contributed by atoms with E-state index >= 15 is 0 Å². The fourth-order valence-electron chi connectivity index (χ4n) is 1.14. The van der Waals surface area contributed by atoms with Crippen LogP contribution < -0.4 is 4.74 Å². The van der Waals surface area contributed by atoms with Crippen molar-refractivity contribution < 1.29 is 45.7 Å². The fraction of sp³-hybridized carbons (Fsp3) is 0.333. The summed E-state index contributed by atoms with van der Waals surface area (Å²) in [5.41, 5.74) is -3.30. The van der Waals surface area contributed by atoms with Gasteiger partial charge in [0.15, 0.2) is 22.9 Å². The molecule has 0 amide bonds. The van der Waals surface area contributed by atoms with Crippen LogP contribution >= 0.6 is 0 Å². The molecule has 0 radical (unpaired) electrons. The second-order valence-electron chi connectivity index (χ2n) is 3.24. The number of rotatable bonds is 2. The molecule has 1 aromatic rings. The average molecular weight is 305 g/mol. The molecule has 0 aromatic carbocycles. The Kier molecular flexibility index (Phi) is 4.01. The first kappa shape index (κ1) is 15.9. The molecular weight excluding hydrogens is 300 g/mol. The number of methoxy groups -OCH3 is 1. The van der Waals surface area contributed by atoms with Crippen LogP contribution in [0.1, 0.15) is 16.2 Å². The van der Waals surface area contributed by atoms with E-state index in [9.17, 15) is 36.2 Å². The number of alkyl halides is 6. The summed E-state index contributed by atoms with van der Waals surface area (Å²) in [6.45, 7) is 0. The zero-order valence-corrected chi connectivity index (χ0v) is 9.46. The quantitative estimate of drug-likeness (QED) is 0.671. The van der Waals surface area contributed by atoms with Crippen molar-refractivity contribution in [2.45, 2.75) is 12.5 Å². The van der Waals surface area contributed by atoms with E-state index in [0.29, 0.717) is 0 Å². The molecule has 1 heterocycles. The van der Waals surface area contributed by atoms with Crippen LogP contribution in [0.15, 0.2) is 6.07 Å². The highest BCUT2D eigenvalue weighted by atomic mass is 19.4. The number of pyridine rings is 1. The minimum atomic E-state index is -5.43. The number of hydrogen-bond acceptors (Lipinski definition) is 5. The monoisotopic (exact) mass is 305 g/mol. The van der Waals surface area contributed by atoms with Crippen molar-refractivity contribution in [2.24, 2.45) is 0 Å². The number of aromatic nitrogens is 1. The maximum absolute atomic E-state index is 12.6. The molecular formula is C9H5F6NO4. The number of carbonyl (C=O) groups is 1.